The van der Waals surface area contributed by atoms with Gasteiger partial charge >= 0.3 is 0 Å². The molecule has 0 heterocycles. The zero-order valence-electron chi connectivity index (χ0n) is 8.78. The fourth-order valence-corrected chi connectivity index (χ4v) is 4.52. The van der Waals surface area contributed by atoms with Gasteiger partial charge in [-0.05, 0) is 23.7 Å². The molecule has 2 aliphatic carbocycles. The number of fused-ring (bicyclic) bond motifs is 2. The van der Waals surface area contributed by atoms with Crippen molar-refractivity contribution in [2.24, 2.45) is 16.2 Å². The number of hydrogen-bond donors (Lipinski definition) is 0. The highest BCUT2D eigenvalue weighted by atomic mass is 79.9. The van der Waals surface area contributed by atoms with Crippen LogP contribution in [0.5, 0.6) is 0 Å². The number of ketones is 1. The van der Waals surface area contributed by atoms with Crippen molar-refractivity contribution >= 4 is 21.7 Å². The van der Waals surface area contributed by atoms with Gasteiger partial charge in [0, 0.05) is 5.41 Å². The zero-order valence-corrected chi connectivity index (χ0v) is 10.4. The Morgan fingerprint density at radius 2 is 1.77 bits per heavy atom. The summed E-state index contributed by atoms with van der Waals surface area (Å²) >= 11 is 3.58. The maximum atomic E-state index is 12.1. The van der Waals surface area contributed by atoms with Crippen LogP contribution in [0.2, 0.25) is 0 Å². The third-order valence-corrected chi connectivity index (χ3v) is 6.71. The number of halogens is 1. The lowest BCUT2D eigenvalue weighted by atomic mass is 9.66. The third kappa shape index (κ3) is 0.739. The van der Waals surface area contributed by atoms with Crippen LogP contribution in [0.1, 0.15) is 40.5 Å². The first kappa shape index (κ1) is 9.70. The number of carbonyl (C=O) groups is 1. The maximum Gasteiger partial charge on any atom is 0.153 e. The van der Waals surface area contributed by atoms with E-state index < -0.39 is 0 Å². The van der Waals surface area contributed by atoms with E-state index >= 15 is 0 Å². The minimum Gasteiger partial charge on any atom is -0.298 e. The van der Waals surface area contributed by atoms with E-state index in [9.17, 15) is 4.79 Å². The van der Waals surface area contributed by atoms with Crippen LogP contribution in [0, 0.1) is 16.2 Å². The summed E-state index contributed by atoms with van der Waals surface area (Å²) < 4.78 is 0. The van der Waals surface area contributed by atoms with E-state index in [0.717, 1.165) is 6.42 Å². The lowest BCUT2D eigenvalue weighted by Gasteiger charge is -2.38. The minimum absolute atomic E-state index is 0.0775. The van der Waals surface area contributed by atoms with E-state index in [4.69, 9.17) is 0 Å². The molecule has 2 aliphatic rings. The van der Waals surface area contributed by atoms with Crippen LogP contribution >= 0.6 is 15.9 Å². The fraction of sp³-hybridized carbons (Fsp3) is 0.909. The topological polar surface area (TPSA) is 17.1 Å². The van der Waals surface area contributed by atoms with Gasteiger partial charge in [-0.3, -0.25) is 4.79 Å². The van der Waals surface area contributed by atoms with E-state index in [1.165, 1.54) is 6.42 Å². The Hall–Kier alpha value is 0.150. The average molecular weight is 245 g/mol. The molecule has 0 aliphatic heterocycles. The van der Waals surface area contributed by atoms with Gasteiger partial charge in [-0.15, -0.1) is 0 Å². The molecule has 0 N–H and O–H groups in total. The number of hydrogen-bond acceptors (Lipinski definition) is 1. The number of alkyl halides is 1. The summed E-state index contributed by atoms with van der Waals surface area (Å²) in [5.41, 5.74) is 0.222. The smallest absolute Gasteiger partial charge is 0.153 e. The van der Waals surface area contributed by atoms with Gasteiger partial charge in [-0.1, -0.05) is 43.6 Å². The molecule has 0 aromatic carbocycles. The van der Waals surface area contributed by atoms with Crippen LogP contribution in [0.25, 0.3) is 0 Å². The van der Waals surface area contributed by atoms with Crippen molar-refractivity contribution in [1.82, 2.24) is 0 Å². The first-order chi connectivity index (χ1) is 5.77. The van der Waals surface area contributed by atoms with E-state index in [-0.39, 0.29) is 21.1 Å². The summed E-state index contributed by atoms with van der Waals surface area (Å²) in [6.07, 6.45) is 2.25. The van der Waals surface area contributed by atoms with Gasteiger partial charge in [0.25, 0.3) is 0 Å². The fourth-order valence-electron chi connectivity index (χ4n) is 3.21. The Kier molecular flexibility index (Phi) is 1.65. The van der Waals surface area contributed by atoms with Crippen molar-refractivity contribution in [2.75, 3.05) is 0 Å². The molecule has 0 radical (unpaired) electrons. The Balaban J connectivity index is 2.61. The SMILES string of the molecule is CC12CCC(C)(C(Br)C1=O)C2(C)C. The predicted octanol–water partition coefficient (Wildman–Crippen LogP) is 3.17. The highest BCUT2D eigenvalue weighted by Gasteiger charge is 2.71. The van der Waals surface area contributed by atoms with E-state index in [1.807, 2.05) is 0 Å². The largest absolute Gasteiger partial charge is 0.298 e. The predicted molar refractivity (Wildman–Crippen MR) is 57.0 cm³/mol. The molecule has 0 saturated heterocycles. The summed E-state index contributed by atoms with van der Waals surface area (Å²) in [5.74, 6) is 0.422. The van der Waals surface area contributed by atoms with Gasteiger partial charge in [0.15, 0.2) is 5.78 Å². The number of Topliss-reactive ketones (excluding diaryl/α,β-unsaturated/α-hetero) is 1. The summed E-state index contributed by atoms with van der Waals surface area (Å²) in [6.45, 7) is 8.89. The molecule has 3 unspecified atom stereocenters. The second-order valence-corrected chi connectivity index (χ2v) is 6.52. The quantitative estimate of drug-likeness (QED) is 0.599. The molecule has 2 heteroatoms. The molecule has 13 heavy (non-hydrogen) atoms. The van der Waals surface area contributed by atoms with E-state index in [0.29, 0.717) is 5.78 Å². The molecule has 0 amide bonds. The molecule has 0 aromatic heterocycles. The van der Waals surface area contributed by atoms with Crippen molar-refractivity contribution in [3.05, 3.63) is 0 Å². The van der Waals surface area contributed by atoms with Crippen molar-refractivity contribution in [3.63, 3.8) is 0 Å². The summed E-state index contributed by atoms with van der Waals surface area (Å²) in [5, 5.41) is 0. The highest BCUT2D eigenvalue weighted by molar-refractivity contribution is 9.10. The van der Waals surface area contributed by atoms with Crippen LogP contribution in [0.15, 0.2) is 0 Å². The van der Waals surface area contributed by atoms with Crippen molar-refractivity contribution in [1.29, 1.82) is 0 Å². The van der Waals surface area contributed by atoms with Gasteiger partial charge in [0.1, 0.15) is 0 Å². The summed E-state index contributed by atoms with van der Waals surface area (Å²) in [4.78, 5) is 12.1. The Morgan fingerprint density at radius 3 is 2.00 bits per heavy atom. The molecule has 0 spiro atoms. The van der Waals surface area contributed by atoms with Gasteiger partial charge in [0.05, 0.1) is 4.83 Å². The second-order valence-electron chi connectivity index (χ2n) is 5.60. The van der Waals surface area contributed by atoms with Gasteiger partial charge in [0.2, 0.25) is 0 Å². The van der Waals surface area contributed by atoms with Gasteiger partial charge < -0.3 is 0 Å². The molecule has 1 nitrogen and oxygen atoms in total. The van der Waals surface area contributed by atoms with Crippen molar-refractivity contribution < 1.29 is 4.79 Å². The average Bonchev–Trinajstić information content (AvgIpc) is 2.28. The minimum atomic E-state index is -0.0874. The molecule has 74 valence electrons. The zero-order chi connectivity index (χ0) is 10.1. The Bertz CT molecular complexity index is 281. The first-order valence-corrected chi connectivity index (χ1v) is 5.87. The second kappa shape index (κ2) is 2.21. The van der Waals surface area contributed by atoms with E-state index in [1.54, 1.807) is 0 Å². The van der Waals surface area contributed by atoms with Crippen LogP contribution in [-0.2, 0) is 4.79 Å². The highest BCUT2D eigenvalue weighted by Crippen LogP contribution is 2.71. The Labute approximate surface area is 88.4 Å². The maximum absolute atomic E-state index is 12.1. The number of carbonyl (C=O) groups excluding carboxylic acids is 1. The normalized spacial score (nSPS) is 53.0. The van der Waals surface area contributed by atoms with Crippen LogP contribution < -0.4 is 0 Å². The molecule has 2 rings (SSSR count). The molecule has 3 atom stereocenters. The third-order valence-electron chi connectivity index (χ3n) is 5.28. The molecular formula is C11H17BrO. The summed E-state index contributed by atoms with van der Waals surface area (Å²) in [6, 6.07) is 0. The van der Waals surface area contributed by atoms with Gasteiger partial charge in [-0.2, -0.15) is 0 Å². The van der Waals surface area contributed by atoms with Gasteiger partial charge in [-0.25, -0.2) is 0 Å². The van der Waals surface area contributed by atoms with Crippen LogP contribution in [0.3, 0.4) is 0 Å². The molecule has 2 bridgehead atoms. The molecular weight excluding hydrogens is 228 g/mol. The first-order valence-electron chi connectivity index (χ1n) is 4.96. The lowest BCUT2D eigenvalue weighted by Crippen LogP contribution is -2.34. The molecule has 0 aromatic rings. The standard InChI is InChI=1S/C11H17BrO/c1-9(2)10(3)5-6-11(9,4)8(13)7(10)12/h7H,5-6H2,1-4H3. The summed E-state index contributed by atoms with van der Waals surface area (Å²) in [7, 11) is 0. The monoisotopic (exact) mass is 244 g/mol. The van der Waals surface area contributed by atoms with E-state index in [2.05, 4.69) is 43.6 Å². The molecule has 2 saturated carbocycles. The van der Waals surface area contributed by atoms with Crippen molar-refractivity contribution in [2.45, 2.75) is 45.4 Å². The Morgan fingerprint density at radius 1 is 1.23 bits per heavy atom. The number of rotatable bonds is 0. The van der Waals surface area contributed by atoms with Crippen molar-refractivity contribution in [3.8, 4) is 0 Å². The lowest BCUT2D eigenvalue weighted by molar-refractivity contribution is -0.127. The van der Waals surface area contributed by atoms with Crippen LogP contribution in [-0.4, -0.2) is 10.6 Å². The van der Waals surface area contributed by atoms with Crippen LogP contribution in [0.4, 0.5) is 0 Å². The molecule has 2 fully saturated rings.